The molecule has 1 saturated heterocycles. The summed E-state index contributed by atoms with van der Waals surface area (Å²) in [5, 5.41) is 8.88. The van der Waals surface area contributed by atoms with E-state index in [2.05, 4.69) is 0 Å². The Kier molecular flexibility index (Phi) is 5.07. The number of carbonyl (C=O) groups excluding carboxylic acids is 1. The number of alkyl halides is 3. The molecule has 1 aromatic rings. The van der Waals surface area contributed by atoms with E-state index in [9.17, 15) is 32.3 Å². The van der Waals surface area contributed by atoms with E-state index >= 15 is 0 Å². The normalized spacial score (nSPS) is 22.5. The van der Waals surface area contributed by atoms with Crippen molar-refractivity contribution in [3.63, 3.8) is 0 Å². The van der Waals surface area contributed by atoms with Crippen molar-refractivity contribution in [3.05, 3.63) is 34.6 Å². The monoisotopic (exact) mass is 407 g/mol. The Morgan fingerprint density at radius 3 is 2.67 bits per heavy atom. The molecule has 5 nitrogen and oxygen atoms in total. The van der Waals surface area contributed by atoms with Gasteiger partial charge in [-0.1, -0.05) is 11.6 Å². The summed E-state index contributed by atoms with van der Waals surface area (Å²) >= 11 is 5.75. The molecule has 1 fully saturated rings. The molecule has 27 heavy (non-hydrogen) atoms. The van der Waals surface area contributed by atoms with Crippen molar-refractivity contribution in [1.29, 1.82) is 0 Å². The number of hydrogen-bond donors (Lipinski definition) is 1. The highest BCUT2D eigenvalue weighted by Crippen LogP contribution is 2.41. The maximum Gasteiger partial charge on any atom is 0.422 e. The molecule has 1 unspecified atom stereocenters. The van der Waals surface area contributed by atoms with Crippen LogP contribution >= 0.6 is 11.6 Å². The third-order valence-electron chi connectivity index (χ3n) is 4.56. The molecular weight excluding hydrogens is 394 g/mol. The van der Waals surface area contributed by atoms with Gasteiger partial charge in [-0.2, -0.15) is 13.2 Å². The van der Waals surface area contributed by atoms with Gasteiger partial charge in [0.1, 0.15) is 11.8 Å². The van der Waals surface area contributed by atoms with Gasteiger partial charge in [0.05, 0.1) is 10.6 Å². The van der Waals surface area contributed by atoms with Crippen molar-refractivity contribution in [3.8, 4) is 5.75 Å². The summed E-state index contributed by atoms with van der Waals surface area (Å²) < 4.78 is 56.7. The average Bonchev–Trinajstić information content (AvgIpc) is 3.00. The molecule has 0 aliphatic carbocycles. The Morgan fingerprint density at radius 2 is 2.04 bits per heavy atom. The number of aliphatic carboxylic acids is 1. The van der Waals surface area contributed by atoms with Crippen LogP contribution in [0.3, 0.4) is 0 Å². The van der Waals surface area contributed by atoms with Crippen LogP contribution < -0.4 is 4.74 Å². The summed E-state index contributed by atoms with van der Waals surface area (Å²) in [7, 11) is 0. The van der Waals surface area contributed by atoms with Crippen molar-refractivity contribution in [2.24, 2.45) is 0 Å². The van der Waals surface area contributed by atoms with Gasteiger partial charge in [-0.3, -0.25) is 4.79 Å². The zero-order chi connectivity index (χ0) is 19.9. The first-order valence-electron chi connectivity index (χ1n) is 8.02. The first-order chi connectivity index (χ1) is 12.6. The number of benzene rings is 1. The van der Waals surface area contributed by atoms with Crippen LogP contribution in [0, 0.1) is 5.82 Å². The topological polar surface area (TPSA) is 66.8 Å². The molecule has 146 valence electrons. The first kappa shape index (κ1) is 19.5. The Morgan fingerprint density at radius 1 is 1.33 bits per heavy atom. The Labute approximate surface area is 156 Å². The number of hydrogen-bond acceptors (Lipinski definition) is 3. The highest BCUT2D eigenvalue weighted by molar-refractivity contribution is 6.31. The molecule has 0 bridgehead atoms. The Bertz CT molecular complexity index is 824. The minimum atomic E-state index is -4.62. The predicted molar refractivity (Wildman–Crippen MR) is 86.8 cm³/mol. The zero-order valence-electron chi connectivity index (χ0n) is 13.7. The fraction of sp³-hybridized carbons (Fsp3) is 0.412. The Balaban J connectivity index is 1.98. The van der Waals surface area contributed by atoms with E-state index in [0.717, 1.165) is 18.2 Å². The average molecular weight is 408 g/mol. The summed E-state index contributed by atoms with van der Waals surface area (Å²) in [5.74, 6) is -3.13. The van der Waals surface area contributed by atoms with Crippen LogP contribution in [0.2, 0.25) is 5.02 Å². The van der Waals surface area contributed by atoms with Crippen LogP contribution in [0.1, 0.15) is 24.8 Å². The second-order valence-corrected chi connectivity index (χ2v) is 6.75. The number of ether oxygens (including phenoxy) is 1. The molecule has 0 saturated carbocycles. The lowest BCUT2D eigenvalue weighted by atomic mass is 9.93. The van der Waals surface area contributed by atoms with Crippen LogP contribution in [-0.4, -0.2) is 46.7 Å². The molecule has 1 N–H and O–H groups in total. The number of carboxylic acid groups (broad SMARTS) is 1. The number of carbonyl (C=O) groups is 2. The second-order valence-electron chi connectivity index (χ2n) is 6.34. The second kappa shape index (κ2) is 7.03. The molecule has 1 aromatic carbocycles. The highest BCUT2D eigenvalue weighted by atomic mass is 35.5. The zero-order valence-corrected chi connectivity index (χ0v) is 14.5. The van der Waals surface area contributed by atoms with Gasteiger partial charge in [0, 0.05) is 12.1 Å². The van der Waals surface area contributed by atoms with E-state index in [0.29, 0.717) is 6.42 Å². The lowest BCUT2D eigenvalue weighted by molar-refractivity contribution is -0.153. The van der Waals surface area contributed by atoms with E-state index in [1.54, 1.807) is 0 Å². The van der Waals surface area contributed by atoms with Crippen molar-refractivity contribution in [1.82, 2.24) is 4.90 Å². The van der Waals surface area contributed by atoms with Gasteiger partial charge in [0.2, 0.25) is 5.91 Å². The van der Waals surface area contributed by atoms with Crippen molar-refractivity contribution >= 4 is 29.1 Å². The molecular formula is C17H14ClF4NO4. The van der Waals surface area contributed by atoms with E-state index in [1.165, 1.54) is 4.90 Å². The van der Waals surface area contributed by atoms with E-state index in [4.69, 9.17) is 16.3 Å². The molecule has 1 amide bonds. The number of halogens is 5. The molecule has 0 aromatic heterocycles. The third-order valence-corrected chi connectivity index (χ3v) is 4.86. The van der Waals surface area contributed by atoms with Crippen LogP contribution in [0.25, 0.3) is 5.57 Å². The number of fused-ring (bicyclic) bond motifs is 1. The van der Waals surface area contributed by atoms with Gasteiger partial charge < -0.3 is 14.7 Å². The lowest BCUT2D eigenvalue weighted by Crippen LogP contribution is -2.46. The minimum absolute atomic E-state index is 0.0924. The van der Waals surface area contributed by atoms with Crippen LogP contribution in [0.5, 0.6) is 5.75 Å². The first-order valence-corrected chi connectivity index (χ1v) is 8.40. The predicted octanol–water partition coefficient (Wildman–Crippen LogP) is 3.65. The lowest BCUT2D eigenvalue weighted by Gasteiger charge is -2.32. The molecule has 2 aliphatic heterocycles. The quantitative estimate of drug-likeness (QED) is 0.774. The SMILES string of the molecule is O=C(O)[C@@H]1CCC2CC(c3c(OCC(F)(F)F)ccc(Cl)c3F)=CC(=O)N21. The van der Waals surface area contributed by atoms with Crippen LogP contribution in [0.4, 0.5) is 17.6 Å². The van der Waals surface area contributed by atoms with Gasteiger partial charge in [0.25, 0.3) is 0 Å². The van der Waals surface area contributed by atoms with Crippen LogP contribution in [-0.2, 0) is 9.59 Å². The highest BCUT2D eigenvalue weighted by Gasteiger charge is 2.43. The summed E-state index contributed by atoms with van der Waals surface area (Å²) in [6, 6.07) is 0.733. The third kappa shape index (κ3) is 3.87. The molecule has 10 heteroatoms. The smallest absolute Gasteiger partial charge is 0.422 e. The standard InChI is InChI=1S/C17H14ClF4NO4/c18-10-2-4-12(27-7-17(20,21)22)14(15(10)19)8-5-9-1-3-11(16(25)26)23(9)13(24)6-8/h2,4,6,9,11H,1,3,5,7H2,(H,25,26)/t9?,11-/m0/s1. The van der Waals surface area contributed by atoms with Crippen molar-refractivity contribution in [2.45, 2.75) is 37.5 Å². The molecule has 2 atom stereocenters. The van der Waals surface area contributed by atoms with Crippen molar-refractivity contribution < 1.29 is 37.0 Å². The van der Waals surface area contributed by atoms with Gasteiger partial charge >= 0.3 is 12.1 Å². The fourth-order valence-electron chi connectivity index (χ4n) is 3.48. The molecule has 3 rings (SSSR count). The number of nitrogens with zero attached hydrogens (tertiary/aromatic N) is 1. The van der Waals surface area contributed by atoms with Crippen LogP contribution in [0.15, 0.2) is 18.2 Å². The molecule has 2 heterocycles. The Hall–Kier alpha value is -2.29. The molecule has 0 spiro atoms. The summed E-state index contributed by atoms with van der Waals surface area (Å²) in [4.78, 5) is 24.9. The number of carboxylic acids is 1. The van der Waals surface area contributed by atoms with E-state index in [1.807, 2.05) is 0 Å². The van der Waals surface area contributed by atoms with Gasteiger partial charge in [-0.25, -0.2) is 9.18 Å². The minimum Gasteiger partial charge on any atom is -0.483 e. The van der Waals surface area contributed by atoms with Gasteiger partial charge in [0.15, 0.2) is 12.4 Å². The number of rotatable bonds is 4. The van der Waals surface area contributed by atoms with Gasteiger partial charge in [-0.05, 0) is 37.0 Å². The molecule has 0 radical (unpaired) electrons. The van der Waals surface area contributed by atoms with Gasteiger partial charge in [-0.15, -0.1) is 0 Å². The van der Waals surface area contributed by atoms with E-state index in [-0.39, 0.29) is 34.8 Å². The summed E-state index contributed by atoms with van der Waals surface area (Å²) in [6.07, 6.45) is -2.85. The summed E-state index contributed by atoms with van der Waals surface area (Å²) in [6.45, 7) is -1.63. The van der Waals surface area contributed by atoms with E-state index < -0.39 is 42.6 Å². The molecule has 2 aliphatic rings. The number of amides is 1. The van der Waals surface area contributed by atoms with Crippen molar-refractivity contribution in [2.75, 3.05) is 6.61 Å². The maximum atomic E-state index is 14.6. The largest absolute Gasteiger partial charge is 0.483 e. The maximum absolute atomic E-state index is 14.6. The summed E-state index contributed by atoms with van der Waals surface area (Å²) in [5.41, 5.74) is -0.178. The fourth-order valence-corrected chi connectivity index (χ4v) is 3.64.